The highest BCUT2D eigenvalue weighted by Gasteiger charge is 2.17. The Morgan fingerprint density at radius 2 is 2.20 bits per heavy atom. The molecule has 0 spiro atoms. The lowest BCUT2D eigenvalue weighted by Crippen LogP contribution is -2.15. The molecular weight excluding hydrogens is 270 g/mol. The maximum absolute atomic E-state index is 8.98. The maximum Gasteiger partial charge on any atom is 0.216 e. The van der Waals surface area contributed by atoms with Gasteiger partial charge < -0.3 is 4.74 Å². The smallest absolute Gasteiger partial charge is 0.216 e. The summed E-state index contributed by atoms with van der Waals surface area (Å²) in [5, 5.41) is 10.8. The highest BCUT2D eigenvalue weighted by atomic mass is 32.2. The Bertz CT molecular complexity index is 679. The summed E-state index contributed by atoms with van der Waals surface area (Å²) in [5.41, 5.74) is 1.88. The molecule has 0 saturated carbocycles. The van der Waals surface area contributed by atoms with E-state index < -0.39 is 0 Å². The van der Waals surface area contributed by atoms with Gasteiger partial charge in [-0.15, -0.1) is 11.8 Å². The number of nitriles is 1. The van der Waals surface area contributed by atoms with Gasteiger partial charge in [-0.3, -0.25) is 4.98 Å². The standard InChI is InChI=1S/C15H11N3OS/c16-10-18-11-20-9-15(18)19-13-5-3-4-12(8-13)14-6-1-2-7-17-14/h1-9H,11H2. The van der Waals surface area contributed by atoms with E-state index in [1.165, 1.54) is 16.7 Å². The van der Waals surface area contributed by atoms with E-state index >= 15 is 0 Å². The van der Waals surface area contributed by atoms with Gasteiger partial charge in [0.05, 0.1) is 11.6 Å². The Morgan fingerprint density at radius 3 is 3.00 bits per heavy atom. The van der Waals surface area contributed by atoms with Crippen LogP contribution < -0.4 is 4.74 Å². The molecule has 5 heteroatoms. The SMILES string of the molecule is N#CN1CSC=C1Oc1cccc(-c2ccccn2)c1. The normalized spacial score (nSPS) is 13.8. The average molecular weight is 281 g/mol. The lowest BCUT2D eigenvalue weighted by molar-refractivity contribution is 0.309. The van der Waals surface area contributed by atoms with Crippen LogP contribution in [0.5, 0.6) is 5.75 Å². The Balaban J connectivity index is 1.84. The fourth-order valence-corrected chi connectivity index (χ4v) is 2.57. The van der Waals surface area contributed by atoms with E-state index in [2.05, 4.69) is 11.2 Å². The van der Waals surface area contributed by atoms with Crippen LogP contribution in [0.15, 0.2) is 60.0 Å². The Morgan fingerprint density at radius 1 is 1.25 bits per heavy atom. The Kier molecular flexibility index (Phi) is 3.57. The van der Waals surface area contributed by atoms with Gasteiger partial charge in [0.15, 0.2) is 6.19 Å². The highest BCUT2D eigenvalue weighted by Crippen LogP contribution is 2.28. The predicted octanol–water partition coefficient (Wildman–Crippen LogP) is 3.41. The molecule has 3 rings (SSSR count). The summed E-state index contributed by atoms with van der Waals surface area (Å²) in [6.07, 6.45) is 3.85. The van der Waals surface area contributed by atoms with Crippen molar-refractivity contribution in [3.63, 3.8) is 0 Å². The average Bonchev–Trinajstić information content (AvgIpc) is 2.96. The third-order valence-corrected chi connectivity index (χ3v) is 3.57. The summed E-state index contributed by atoms with van der Waals surface area (Å²) in [6.45, 7) is 0. The maximum atomic E-state index is 8.98. The fraction of sp³-hybridized carbons (Fsp3) is 0.0667. The summed E-state index contributed by atoms with van der Waals surface area (Å²) in [5.74, 6) is 1.86. The molecule has 2 aromatic rings. The van der Waals surface area contributed by atoms with Crippen molar-refractivity contribution >= 4 is 11.8 Å². The molecule has 1 aromatic carbocycles. The number of pyridine rings is 1. The van der Waals surface area contributed by atoms with Crippen LogP contribution >= 0.6 is 11.8 Å². The first-order valence-electron chi connectivity index (χ1n) is 6.05. The third-order valence-electron chi connectivity index (χ3n) is 2.79. The van der Waals surface area contributed by atoms with E-state index in [1.54, 1.807) is 6.20 Å². The zero-order chi connectivity index (χ0) is 13.8. The van der Waals surface area contributed by atoms with Gasteiger partial charge in [0, 0.05) is 17.2 Å². The van der Waals surface area contributed by atoms with E-state index in [-0.39, 0.29) is 0 Å². The van der Waals surface area contributed by atoms with Crippen LogP contribution in [0.3, 0.4) is 0 Å². The monoisotopic (exact) mass is 281 g/mol. The molecule has 0 atom stereocenters. The number of rotatable bonds is 3. The minimum absolute atomic E-state index is 0.565. The molecule has 0 N–H and O–H groups in total. The second-order valence-electron chi connectivity index (χ2n) is 4.12. The van der Waals surface area contributed by atoms with E-state index in [0.717, 1.165) is 11.3 Å². The van der Waals surface area contributed by atoms with Gasteiger partial charge >= 0.3 is 0 Å². The van der Waals surface area contributed by atoms with Crippen LogP contribution in [0.4, 0.5) is 0 Å². The predicted molar refractivity (Wildman–Crippen MR) is 78.3 cm³/mol. The number of hydrogen-bond acceptors (Lipinski definition) is 5. The number of thioether (sulfide) groups is 1. The number of hydrogen-bond donors (Lipinski definition) is 0. The van der Waals surface area contributed by atoms with Crippen LogP contribution in [-0.4, -0.2) is 15.8 Å². The third kappa shape index (κ3) is 2.60. The number of benzene rings is 1. The molecular formula is C15H11N3OS. The van der Waals surface area contributed by atoms with E-state index in [9.17, 15) is 0 Å². The zero-order valence-electron chi connectivity index (χ0n) is 10.6. The van der Waals surface area contributed by atoms with Crippen LogP contribution in [0.2, 0.25) is 0 Å². The number of ether oxygens (including phenoxy) is 1. The largest absolute Gasteiger partial charge is 0.440 e. The minimum atomic E-state index is 0.565. The molecule has 98 valence electrons. The molecule has 1 aliphatic rings. The Hall–Kier alpha value is -2.45. The molecule has 0 radical (unpaired) electrons. The molecule has 0 aliphatic carbocycles. The fourth-order valence-electron chi connectivity index (χ4n) is 1.84. The van der Waals surface area contributed by atoms with Crippen molar-refractivity contribution in [2.75, 3.05) is 5.88 Å². The quantitative estimate of drug-likeness (QED) is 0.807. The zero-order valence-corrected chi connectivity index (χ0v) is 11.4. The Labute approximate surface area is 121 Å². The van der Waals surface area contributed by atoms with Crippen LogP contribution in [0.25, 0.3) is 11.3 Å². The summed E-state index contributed by atoms with van der Waals surface area (Å²) < 4.78 is 5.76. The first-order valence-corrected chi connectivity index (χ1v) is 7.10. The van der Waals surface area contributed by atoms with Gasteiger partial charge in [0.1, 0.15) is 5.75 Å². The summed E-state index contributed by atoms with van der Waals surface area (Å²) >= 11 is 1.54. The minimum Gasteiger partial charge on any atom is -0.440 e. The van der Waals surface area contributed by atoms with E-state index in [1.807, 2.05) is 47.9 Å². The molecule has 0 fully saturated rings. The van der Waals surface area contributed by atoms with Gasteiger partial charge in [-0.05, 0) is 24.3 Å². The lowest BCUT2D eigenvalue weighted by Gasteiger charge is -2.13. The second-order valence-corrected chi connectivity index (χ2v) is 4.95. The van der Waals surface area contributed by atoms with Crippen molar-refractivity contribution in [3.8, 4) is 23.2 Å². The van der Waals surface area contributed by atoms with E-state index in [4.69, 9.17) is 10.00 Å². The first kappa shape index (κ1) is 12.6. The lowest BCUT2D eigenvalue weighted by atomic mass is 10.1. The summed E-state index contributed by atoms with van der Waals surface area (Å²) in [7, 11) is 0. The van der Waals surface area contributed by atoms with Gasteiger partial charge in [-0.1, -0.05) is 18.2 Å². The van der Waals surface area contributed by atoms with Gasteiger partial charge in [0.25, 0.3) is 0 Å². The molecule has 2 heterocycles. The second kappa shape index (κ2) is 5.68. The summed E-state index contributed by atoms with van der Waals surface area (Å²) in [6, 6.07) is 13.5. The molecule has 0 saturated heterocycles. The van der Waals surface area contributed by atoms with Gasteiger partial charge in [-0.25, -0.2) is 4.90 Å². The summed E-state index contributed by atoms with van der Waals surface area (Å²) in [4.78, 5) is 5.83. The van der Waals surface area contributed by atoms with Crippen LogP contribution in [-0.2, 0) is 0 Å². The molecule has 1 aliphatic heterocycles. The van der Waals surface area contributed by atoms with Crippen molar-refractivity contribution in [2.45, 2.75) is 0 Å². The number of aromatic nitrogens is 1. The molecule has 0 bridgehead atoms. The molecule has 0 unspecified atom stereocenters. The van der Waals surface area contributed by atoms with Crippen molar-refractivity contribution in [1.29, 1.82) is 5.26 Å². The van der Waals surface area contributed by atoms with E-state index in [0.29, 0.717) is 17.5 Å². The van der Waals surface area contributed by atoms with Gasteiger partial charge in [0.2, 0.25) is 5.88 Å². The first-order chi connectivity index (χ1) is 9.86. The van der Waals surface area contributed by atoms with Crippen molar-refractivity contribution in [2.24, 2.45) is 0 Å². The van der Waals surface area contributed by atoms with Crippen LogP contribution in [0.1, 0.15) is 0 Å². The van der Waals surface area contributed by atoms with Crippen LogP contribution in [0, 0.1) is 11.5 Å². The van der Waals surface area contributed by atoms with Crippen molar-refractivity contribution in [3.05, 3.63) is 60.0 Å². The van der Waals surface area contributed by atoms with Crippen molar-refractivity contribution < 1.29 is 4.74 Å². The topological polar surface area (TPSA) is 49.2 Å². The van der Waals surface area contributed by atoms with Crippen molar-refractivity contribution in [1.82, 2.24) is 9.88 Å². The molecule has 4 nitrogen and oxygen atoms in total. The molecule has 0 amide bonds. The molecule has 1 aromatic heterocycles. The highest BCUT2D eigenvalue weighted by molar-refractivity contribution is 8.02. The van der Waals surface area contributed by atoms with Gasteiger partial charge in [-0.2, -0.15) is 5.26 Å². The number of nitrogens with zero attached hydrogens (tertiary/aromatic N) is 3. The molecule has 20 heavy (non-hydrogen) atoms.